The fourth-order valence-electron chi connectivity index (χ4n) is 4.01. The number of benzene rings is 2. The second kappa shape index (κ2) is 9.18. The van der Waals surface area contributed by atoms with Crippen molar-refractivity contribution in [2.24, 2.45) is 5.92 Å². The fourth-order valence-corrected chi connectivity index (χ4v) is 4.01. The Morgan fingerprint density at radius 2 is 1.84 bits per heavy atom. The molecule has 4 rings (SSSR count). The van der Waals surface area contributed by atoms with Crippen LogP contribution >= 0.6 is 0 Å². The van der Waals surface area contributed by atoms with Gasteiger partial charge in [0.05, 0.1) is 32.3 Å². The van der Waals surface area contributed by atoms with Gasteiger partial charge in [-0.2, -0.15) is 0 Å². The lowest BCUT2D eigenvalue weighted by Crippen LogP contribution is -2.29. The SMILES string of the molecule is COCC1CN(C(=O)c2cccc(OC)c2OC)CC1c1nnc(-c2ccccc2)o1. The van der Waals surface area contributed by atoms with Crippen LogP contribution in [0.3, 0.4) is 0 Å². The Bertz CT molecular complexity index is 1040. The van der Waals surface area contributed by atoms with Crippen molar-refractivity contribution >= 4 is 5.91 Å². The van der Waals surface area contributed by atoms with Crippen molar-refractivity contribution in [1.29, 1.82) is 0 Å². The first-order valence-electron chi connectivity index (χ1n) is 10.0. The van der Waals surface area contributed by atoms with Gasteiger partial charge >= 0.3 is 0 Å². The predicted molar refractivity (Wildman–Crippen MR) is 113 cm³/mol. The molecule has 0 bridgehead atoms. The number of hydrogen-bond donors (Lipinski definition) is 0. The number of carbonyl (C=O) groups is 1. The predicted octanol–water partition coefficient (Wildman–Crippen LogP) is 3.26. The quantitative estimate of drug-likeness (QED) is 0.576. The van der Waals surface area contributed by atoms with Gasteiger partial charge in [-0.05, 0) is 24.3 Å². The molecule has 2 atom stereocenters. The summed E-state index contributed by atoms with van der Waals surface area (Å²) in [7, 11) is 4.72. The number of ether oxygens (including phenoxy) is 3. The average Bonchev–Trinajstić information content (AvgIpc) is 3.46. The van der Waals surface area contributed by atoms with Crippen molar-refractivity contribution in [2.75, 3.05) is 41.0 Å². The van der Waals surface area contributed by atoms with E-state index in [2.05, 4.69) is 10.2 Å². The van der Waals surface area contributed by atoms with Crippen molar-refractivity contribution in [3.05, 3.63) is 60.0 Å². The molecule has 1 aromatic heterocycles. The third kappa shape index (κ3) is 4.11. The van der Waals surface area contributed by atoms with E-state index in [0.717, 1.165) is 5.56 Å². The van der Waals surface area contributed by atoms with E-state index in [0.29, 0.717) is 48.5 Å². The number of para-hydroxylation sites is 1. The van der Waals surface area contributed by atoms with E-state index in [4.69, 9.17) is 18.6 Å². The second-order valence-corrected chi connectivity index (χ2v) is 7.38. The molecule has 1 fully saturated rings. The van der Waals surface area contributed by atoms with E-state index in [1.54, 1.807) is 37.3 Å². The molecule has 0 saturated carbocycles. The Labute approximate surface area is 180 Å². The molecule has 1 amide bonds. The number of aromatic nitrogens is 2. The highest BCUT2D eigenvalue weighted by Crippen LogP contribution is 2.37. The van der Waals surface area contributed by atoms with Crippen molar-refractivity contribution in [3.8, 4) is 23.0 Å². The molecule has 1 aliphatic heterocycles. The summed E-state index contributed by atoms with van der Waals surface area (Å²) in [6.45, 7) is 1.44. The zero-order valence-electron chi connectivity index (χ0n) is 17.8. The molecule has 0 N–H and O–H groups in total. The van der Waals surface area contributed by atoms with E-state index < -0.39 is 0 Å². The summed E-state index contributed by atoms with van der Waals surface area (Å²) < 4.78 is 22.2. The van der Waals surface area contributed by atoms with Gasteiger partial charge in [0.25, 0.3) is 5.91 Å². The number of rotatable bonds is 7. The zero-order chi connectivity index (χ0) is 21.8. The molecule has 2 heterocycles. The first-order valence-corrected chi connectivity index (χ1v) is 10.0. The molecule has 2 aromatic carbocycles. The standard InChI is InChI=1S/C23H25N3O5/c1-28-14-16-12-26(23(27)17-10-7-11-19(29-2)20(17)30-3)13-18(16)22-25-24-21(31-22)15-8-5-4-6-9-15/h4-11,16,18H,12-14H2,1-3H3. The van der Waals surface area contributed by atoms with Gasteiger partial charge in [0.15, 0.2) is 11.5 Å². The van der Waals surface area contributed by atoms with Gasteiger partial charge in [0.1, 0.15) is 0 Å². The summed E-state index contributed by atoms with van der Waals surface area (Å²) in [5.74, 6) is 1.69. The average molecular weight is 423 g/mol. The molecule has 0 aliphatic carbocycles. The van der Waals surface area contributed by atoms with E-state index in [1.807, 2.05) is 30.3 Å². The fraction of sp³-hybridized carbons (Fsp3) is 0.348. The summed E-state index contributed by atoms with van der Waals surface area (Å²) in [6.07, 6.45) is 0. The molecule has 0 radical (unpaired) electrons. The van der Waals surface area contributed by atoms with Crippen molar-refractivity contribution in [2.45, 2.75) is 5.92 Å². The van der Waals surface area contributed by atoms with Gasteiger partial charge in [0, 0.05) is 31.7 Å². The van der Waals surface area contributed by atoms with Gasteiger partial charge < -0.3 is 23.5 Å². The lowest BCUT2D eigenvalue weighted by molar-refractivity contribution is 0.0771. The van der Waals surface area contributed by atoms with Crippen LogP contribution in [0.4, 0.5) is 0 Å². The van der Waals surface area contributed by atoms with E-state index >= 15 is 0 Å². The van der Waals surface area contributed by atoms with Gasteiger partial charge in [-0.1, -0.05) is 24.3 Å². The lowest BCUT2D eigenvalue weighted by atomic mass is 9.97. The smallest absolute Gasteiger partial charge is 0.257 e. The lowest BCUT2D eigenvalue weighted by Gasteiger charge is -2.19. The minimum atomic E-state index is -0.137. The second-order valence-electron chi connectivity index (χ2n) is 7.38. The Hall–Kier alpha value is -3.39. The van der Waals surface area contributed by atoms with Crippen molar-refractivity contribution in [3.63, 3.8) is 0 Å². The third-order valence-corrected chi connectivity index (χ3v) is 5.52. The summed E-state index contributed by atoms with van der Waals surface area (Å²) in [5.41, 5.74) is 1.31. The van der Waals surface area contributed by atoms with Crippen LogP contribution in [0.25, 0.3) is 11.5 Å². The van der Waals surface area contributed by atoms with Gasteiger partial charge in [0.2, 0.25) is 11.8 Å². The molecule has 8 heteroatoms. The van der Waals surface area contributed by atoms with Crippen LogP contribution in [0.2, 0.25) is 0 Å². The van der Waals surface area contributed by atoms with Crippen LogP contribution in [0.5, 0.6) is 11.5 Å². The van der Waals surface area contributed by atoms with E-state index in [1.165, 1.54) is 7.11 Å². The van der Waals surface area contributed by atoms with Gasteiger partial charge in [-0.25, -0.2) is 0 Å². The number of amides is 1. The van der Waals surface area contributed by atoms with Crippen LogP contribution < -0.4 is 9.47 Å². The van der Waals surface area contributed by atoms with E-state index in [9.17, 15) is 4.79 Å². The van der Waals surface area contributed by atoms with Crippen LogP contribution in [0.1, 0.15) is 22.2 Å². The molecular weight excluding hydrogens is 398 g/mol. The molecule has 3 aromatic rings. The topological polar surface area (TPSA) is 86.9 Å². The number of carbonyl (C=O) groups excluding carboxylic acids is 1. The van der Waals surface area contributed by atoms with Crippen molar-refractivity contribution in [1.82, 2.24) is 15.1 Å². The van der Waals surface area contributed by atoms with Crippen LogP contribution in [-0.2, 0) is 4.74 Å². The molecule has 8 nitrogen and oxygen atoms in total. The largest absolute Gasteiger partial charge is 0.493 e. The summed E-state index contributed by atoms with van der Waals surface area (Å²) in [5, 5.41) is 8.49. The molecule has 1 aliphatic rings. The molecule has 162 valence electrons. The summed E-state index contributed by atoms with van der Waals surface area (Å²) in [6, 6.07) is 14.9. The molecule has 2 unspecified atom stereocenters. The number of hydrogen-bond acceptors (Lipinski definition) is 7. The zero-order valence-corrected chi connectivity index (χ0v) is 17.8. The van der Waals surface area contributed by atoms with Gasteiger partial charge in [-0.15, -0.1) is 10.2 Å². The maximum atomic E-state index is 13.3. The molecule has 31 heavy (non-hydrogen) atoms. The van der Waals surface area contributed by atoms with E-state index in [-0.39, 0.29) is 17.7 Å². The molecule has 1 saturated heterocycles. The number of nitrogens with zero attached hydrogens (tertiary/aromatic N) is 3. The van der Waals surface area contributed by atoms with Crippen LogP contribution in [0.15, 0.2) is 52.9 Å². The molecular formula is C23H25N3O5. The van der Waals surface area contributed by atoms with Crippen molar-refractivity contribution < 1.29 is 23.4 Å². The number of likely N-dealkylation sites (tertiary alicyclic amines) is 1. The monoisotopic (exact) mass is 423 g/mol. The highest BCUT2D eigenvalue weighted by Gasteiger charge is 2.40. The first kappa shape index (κ1) is 20.9. The summed E-state index contributed by atoms with van der Waals surface area (Å²) in [4.78, 5) is 15.1. The first-order chi connectivity index (χ1) is 15.2. The third-order valence-electron chi connectivity index (χ3n) is 5.52. The Kier molecular flexibility index (Phi) is 6.18. The highest BCUT2D eigenvalue weighted by atomic mass is 16.5. The Balaban J connectivity index is 1.59. The van der Waals surface area contributed by atoms with Gasteiger partial charge in [-0.3, -0.25) is 4.79 Å². The van der Waals surface area contributed by atoms with Crippen LogP contribution in [-0.4, -0.2) is 62.0 Å². The minimum Gasteiger partial charge on any atom is -0.493 e. The molecule has 0 spiro atoms. The maximum Gasteiger partial charge on any atom is 0.257 e. The maximum absolute atomic E-state index is 13.3. The van der Waals surface area contributed by atoms with Crippen LogP contribution in [0, 0.1) is 5.92 Å². The Morgan fingerprint density at radius 1 is 1.03 bits per heavy atom. The highest BCUT2D eigenvalue weighted by molar-refractivity contribution is 5.98. The summed E-state index contributed by atoms with van der Waals surface area (Å²) >= 11 is 0. The number of methoxy groups -OCH3 is 3. The Morgan fingerprint density at radius 3 is 2.55 bits per heavy atom. The normalized spacial score (nSPS) is 18.2. The minimum absolute atomic E-state index is 0.0367.